The summed E-state index contributed by atoms with van der Waals surface area (Å²) in [6.45, 7) is 0. The maximum atomic E-state index is 6.16. The molecule has 0 aromatic heterocycles. The fourth-order valence-corrected chi connectivity index (χ4v) is 3.31. The van der Waals surface area contributed by atoms with Crippen LogP contribution in [0.15, 0.2) is 76.9 Å². The number of benzene rings is 3. The number of hydrogen-bond donors (Lipinski definition) is 0. The summed E-state index contributed by atoms with van der Waals surface area (Å²) >= 11 is 12.1. The van der Waals surface area contributed by atoms with Crippen LogP contribution in [0.5, 0.6) is 0 Å². The van der Waals surface area contributed by atoms with Crippen molar-refractivity contribution < 1.29 is 0 Å². The summed E-state index contributed by atoms with van der Waals surface area (Å²) in [5.41, 5.74) is 6.22. The lowest BCUT2D eigenvalue weighted by Gasteiger charge is -1.99. The summed E-state index contributed by atoms with van der Waals surface area (Å²) in [6.07, 6.45) is 1.65. The van der Waals surface area contributed by atoms with E-state index in [0.717, 1.165) is 22.4 Å². The predicted octanol–water partition coefficient (Wildman–Crippen LogP) is 5.85. The van der Waals surface area contributed by atoms with Gasteiger partial charge in [-0.3, -0.25) is 0 Å². The highest BCUT2D eigenvalue weighted by molar-refractivity contribution is 6.36. The van der Waals surface area contributed by atoms with Gasteiger partial charge in [-0.15, -0.1) is 5.10 Å². The van der Waals surface area contributed by atoms with Gasteiger partial charge in [-0.1, -0.05) is 77.8 Å². The van der Waals surface area contributed by atoms with Crippen LogP contribution in [0, 0.1) is 0 Å². The third-order valence-electron chi connectivity index (χ3n) is 3.97. The standard InChI is InChI=1S/C20H12Cl2N2/c21-14-10-9-13(19(22)11-14)12-23-24-20-17-7-3-1-5-15(17)16-6-2-4-8-18(16)20/h1-12H. The molecule has 24 heavy (non-hydrogen) atoms. The molecule has 2 nitrogen and oxygen atoms in total. The smallest absolute Gasteiger partial charge is 0.101 e. The van der Waals surface area contributed by atoms with Gasteiger partial charge in [0.05, 0.1) is 11.2 Å². The van der Waals surface area contributed by atoms with Gasteiger partial charge in [-0.2, -0.15) is 5.10 Å². The highest BCUT2D eigenvalue weighted by Gasteiger charge is 2.23. The van der Waals surface area contributed by atoms with Crippen LogP contribution in [-0.4, -0.2) is 11.9 Å². The summed E-state index contributed by atoms with van der Waals surface area (Å²) in [4.78, 5) is 0. The first-order chi connectivity index (χ1) is 11.7. The molecule has 0 fully saturated rings. The SMILES string of the molecule is Clc1ccc(C=NN=C2c3ccccc3-c3ccccc32)c(Cl)c1. The Morgan fingerprint density at radius 2 is 1.29 bits per heavy atom. The molecule has 0 spiro atoms. The molecule has 3 aromatic rings. The van der Waals surface area contributed by atoms with Crippen molar-refractivity contribution in [3.63, 3.8) is 0 Å². The summed E-state index contributed by atoms with van der Waals surface area (Å²) in [5.74, 6) is 0. The van der Waals surface area contributed by atoms with E-state index >= 15 is 0 Å². The van der Waals surface area contributed by atoms with Gasteiger partial charge in [0.15, 0.2) is 0 Å². The van der Waals surface area contributed by atoms with Crippen LogP contribution in [-0.2, 0) is 0 Å². The zero-order chi connectivity index (χ0) is 16.5. The largest absolute Gasteiger partial charge is 0.158 e. The van der Waals surface area contributed by atoms with E-state index in [-0.39, 0.29) is 0 Å². The average Bonchev–Trinajstić information content (AvgIpc) is 2.91. The van der Waals surface area contributed by atoms with Gasteiger partial charge >= 0.3 is 0 Å². The third kappa shape index (κ3) is 2.64. The van der Waals surface area contributed by atoms with Crippen LogP contribution < -0.4 is 0 Å². The van der Waals surface area contributed by atoms with E-state index in [4.69, 9.17) is 23.2 Å². The number of rotatable bonds is 2. The Kier molecular flexibility index (Phi) is 3.93. The van der Waals surface area contributed by atoms with E-state index < -0.39 is 0 Å². The second-order valence-electron chi connectivity index (χ2n) is 5.45. The molecular weight excluding hydrogens is 339 g/mol. The molecule has 4 heteroatoms. The summed E-state index contributed by atoms with van der Waals surface area (Å²) in [7, 11) is 0. The molecule has 4 rings (SSSR count). The van der Waals surface area contributed by atoms with Crippen LogP contribution in [0.4, 0.5) is 0 Å². The van der Waals surface area contributed by atoms with Gasteiger partial charge in [0, 0.05) is 21.7 Å². The molecule has 1 aliphatic carbocycles. The van der Waals surface area contributed by atoms with Crippen molar-refractivity contribution >= 4 is 35.1 Å². The van der Waals surface area contributed by atoms with Gasteiger partial charge in [0.25, 0.3) is 0 Å². The zero-order valence-electron chi connectivity index (χ0n) is 12.6. The Morgan fingerprint density at radius 1 is 0.708 bits per heavy atom. The molecule has 1 aliphatic rings. The molecule has 0 amide bonds. The molecule has 0 bridgehead atoms. The van der Waals surface area contributed by atoms with Crippen molar-refractivity contribution in [2.24, 2.45) is 10.2 Å². The first kappa shape index (κ1) is 15.1. The number of halogens is 2. The lowest BCUT2D eigenvalue weighted by atomic mass is 10.1. The Labute approximate surface area is 150 Å². The van der Waals surface area contributed by atoms with Crippen LogP contribution >= 0.6 is 23.2 Å². The van der Waals surface area contributed by atoms with E-state index in [2.05, 4.69) is 34.5 Å². The summed E-state index contributed by atoms with van der Waals surface area (Å²) < 4.78 is 0. The van der Waals surface area contributed by atoms with Crippen LogP contribution in [0.3, 0.4) is 0 Å². The van der Waals surface area contributed by atoms with Crippen LogP contribution in [0.2, 0.25) is 10.0 Å². The van der Waals surface area contributed by atoms with Gasteiger partial charge in [-0.25, -0.2) is 0 Å². The maximum absolute atomic E-state index is 6.16. The lowest BCUT2D eigenvalue weighted by Crippen LogP contribution is -1.97. The Bertz CT molecular complexity index is 943. The Hall–Kier alpha value is -2.42. The van der Waals surface area contributed by atoms with E-state index in [1.54, 1.807) is 18.3 Å². The second-order valence-corrected chi connectivity index (χ2v) is 6.29. The van der Waals surface area contributed by atoms with E-state index in [1.807, 2.05) is 30.3 Å². The number of fused-ring (bicyclic) bond motifs is 3. The maximum Gasteiger partial charge on any atom is 0.101 e. The van der Waals surface area contributed by atoms with Crippen molar-refractivity contribution in [3.05, 3.63) is 93.5 Å². The van der Waals surface area contributed by atoms with E-state index in [9.17, 15) is 0 Å². The highest BCUT2D eigenvalue weighted by Crippen LogP contribution is 2.36. The van der Waals surface area contributed by atoms with Crippen molar-refractivity contribution in [1.82, 2.24) is 0 Å². The fraction of sp³-hybridized carbons (Fsp3) is 0. The minimum atomic E-state index is 0.554. The normalized spacial score (nSPS) is 12.3. The molecule has 0 aliphatic heterocycles. The monoisotopic (exact) mass is 350 g/mol. The minimum absolute atomic E-state index is 0.554. The molecular formula is C20H12Cl2N2. The molecule has 0 atom stereocenters. The van der Waals surface area contributed by atoms with Gasteiger partial charge in [-0.05, 0) is 23.3 Å². The van der Waals surface area contributed by atoms with Crippen LogP contribution in [0.25, 0.3) is 11.1 Å². The third-order valence-corrected chi connectivity index (χ3v) is 4.53. The summed E-state index contributed by atoms with van der Waals surface area (Å²) in [6, 6.07) is 21.8. The second kappa shape index (κ2) is 6.23. The highest BCUT2D eigenvalue weighted by atomic mass is 35.5. The number of hydrogen-bond acceptors (Lipinski definition) is 2. The average molecular weight is 351 g/mol. The fourth-order valence-electron chi connectivity index (χ4n) is 2.86. The van der Waals surface area contributed by atoms with Crippen molar-refractivity contribution in [2.45, 2.75) is 0 Å². The first-order valence-corrected chi connectivity index (χ1v) is 8.25. The molecule has 0 heterocycles. The molecule has 116 valence electrons. The molecule has 3 aromatic carbocycles. The van der Waals surface area contributed by atoms with Crippen molar-refractivity contribution in [1.29, 1.82) is 0 Å². The topological polar surface area (TPSA) is 24.7 Å². The van der Waals surface area contributed by atoms with Gasteiger partial charge < -0.3 is 0 Å². The minimum Gasteiger partial charge on any atom is -0.158 e. The molecule has 0 N–H and O–H groups in total. The lowest BCUT2D eigenvalue weighted by molar-refractivity contribution is 1.25. The van der Waals surface area contributed by atoms with Gasteiger partial charge in [0.2, 0.25) is 0 Å². The molecule has 0 unspecified atom stereocenters. The van der Waals surface area contributed by atoms with E-state index in [0.29, 0.717) is 10.0 Å². The predicted molar refractivity (Wildman–Crippen MR) is 102 cm³/mol. The molecule has 0 radical (unpaired) electrons. The Balaban J connectivity index is 1.76. The Morgan fingerprint density at radius 3 is 1.88 bits per heavy atom. The molecule has 0 saturated heterocycles. The zero-order valence-corrected chi connectivity index (χ0v) is 14.1. The molecule has 0 saturated carbocycles. The summed E-state index contributed by atoms with van der Waals surface area (Å²) in [5, 5.41) is 9.86. The number of nitrogens with zero attached hydrogens (tertiary/aromatic N) is 2. The quantitative estimate of drug-likeness (QED) is 0.320. The van der Waals surface area contributed by atoms with Crippen molar-refractivity contribution in [2.75, 3.05) is 0 Å². The van der Waals surface area contributed by atoms with E-state index in [1.165, 1.54) is 11.1 Å². The van der Waals surface area contributed by atoms with Crippen molar-refractivity contribution in [3.8, 4) is 11.1 Å². The first-order valence-electron chi connectivity index (χ1n) is 7.49. The van der Waals surface area contributed by atoms with Gasteiger partial charge in [0.1, 0.15) is 5.71 Å². The van der Waals surface area contributed by atoms with Crippen LogP contribution in [0.1, 0.15) is 16.7 Å².